The number of ether oxygens (including phenoxy) is 5. The largest absolute Gasteiger partial charge is 0.479 e. The van der Waals surface area contributed by atoms with Gasteiger partial charge in [0.15, 0.2) is 37.4 Å². The van der Waals surface area contributed by atoms with Gasteiger partial charge in [-0.05, 0) is 0 Å². The number of carboxylic acids is 1. The van der Waals surface area contributed by atoms with Gasteiger partial charge >= 0.3 is 5.97 Å². The number of hydroxylamine groups is 1. The second-order valence-corrected chi connectivity index (χ2v) is 5.75. The molecule has 5 rings (SSSR count). The lowest BCUT2D eigenvalue weighted by Gasteiger charge is -2.36. The van der Waals surface area contributed by atoms with Crippen molar-refractivity contribution in [1.29, 1.82) is 0 Å². The van der Waals surface area contributed by atoms with Gasteiger partial charge in [0.1, 0.15) is 0 Å². The number of aliphatic carboxylic acids is 1. The second-order valence-electron chi connectivity index (χ2n) is 5.75. The fourth-order valence-corrected chi connectivity index (χ4v) is 4.10. The minimum atomic E-state index is -2.31. The highest BCUT2D eigenvalue weighted by molar-refractivity contribution is 6.49. The van der Waals surface area contributed by atoms with Crippen LogP contribution in [0, 0.1) is 5.41 Å². The molecule has 4 N–H and O–H groups in total. The number of ketones is 2. The van der Waals surface area contributed by atoms with Crippen molar-refractivity contribution in [3.63, 3.8) is 0 Å². The van der Waals surface area contributed by atoms with Crippen molar-refractivity contribution in [3.8, 4) is 0 Å². The van der Waals surface area contributed by atoms with Crippen molar-refractivity contribution in [2.45, 2.75) is 22.8 Å². The summed E-state index contributed by atoms with van der Waals surface area (Å²) in [5.41, 5.74) is 1.62. The molecule has 3 saturated heterocycles. The number of rotatable bonds is 1. The van der Waals surface area contributed by atoms with Crippen molar-refractivity contribution >= 4 is 17.5 Å². The van der Waals surface area contributed by atoms with Gasteiger partial charge in [0, 0.05) is 0 Å². The monoisotopic (exact) mass is 330 g/mol. The lowest BCUT2D eigenvalue weighted by Crippen LogP contribution is -2.67. The molecule has 124 valence electrons. The lowest BCUT2D eigenvalue weighted by molar-refractivity contribution is -0.342. The van der Waals surface area contributed by atoms with Gasteiger partial charge in [-0.25, -0.2) is 4.79 Å². The summed E-state index contributed by atoms with van der Waals surface area (Å²) < 4.78 is 26.5. The lowest BCUT2D eigenvalue weighted by atomic mass is 9.98. The molecule has 0 aromatic carbocycles. The Labute approximate surface area is 126 Å². The van der Waals surface area contributed by atoms with Crippen molar-refractivity contribution in [2.75, 3.05) is 20.4 Å². The molecule has 5 fully saturated rings. The molecule has 5 atom stereocenters. The van der Waals surface area contributed by atoms with Crippen LogP contribution in [0.4, 0.5) is 0 Å². The Morgan fingerprint density at radius 2 is 1.70 bits per heavy atom. The van der Waals surface area contributed by atoms with Crippen LogP contribution in [0.25, 0.3) is 0 Å². The SMILES string of the molecule is NC12OCON[C@@]3(C(=O)O)C(=O)C34C(=O)C43OCOC13OCO2. The molecule has 23 heavy (non-hydrogen) atoms. The van der Waals surface area contributed by atoms with Gasteiger partial charge in [0.25, 0.3) is 11.7 Å². The molecule has 0 radical (unpaired) electrons. The highest BCUT2D eigenvalue weighted by Gasteiger charge is 3.13. The third-order valence-corrected chi connectivity index (χ3v) is 5.18. The first kappa shape index (κ1) is 13.9. The maximum atomic E-state index is 12.7. The van der Waals surface area contributed by atoms with Crippen LogP contribution in [0.1, 0.15) is 0 Å². The van der Waals surface area contributed by atoms with Crippen molar-refractivity contribution < 1.29 is 48.0 Å². The number of carbonyl (C=O) groups is 3. The Balaban J connectivity index is 1.77. The van der Waals surface area contributed by atoms with Gasteiger partial charge in [-0.3, -0.25) is 20.2 Å². The molecule has 2 aliphatic carbocycles. The number of nitrogens with one attached hydrogen (secondary N) is 1. The molecule has 5 aliphatic rings. The zero-order valence-corrected chi connectivity index (χ0v) is 11.3. The van der Waals surface area contributed by atoms with Crippen LogP contribution in [0.3, 0.4) is 0 Å². The predicted octanol–water partition coefficient (Wildman–Crippen LogP) is -3.47. The van der Waals surface area contributed by atoms with E-state index in [2.05, 4.69) is 5.48 Å². The average molecular weight is 330 g/mol. The maximum absolute atomic E-state index is 12.7. The van der Waals surface area contributed by atoms with E-state index in [1.54, 1.807) is 0 Å². The molecular weight excluding hydrogens is 320 g/mol. The number of hydrogen-bond acceptors (Lipinski definition) is 11. The standard InChI is InChI=1S/C11H10N2O10/c12-11-10(20-2-21-11)9(18-1-19-10)5(15)7(9)4(14)8(7,6(16)17)13-23-3-22-11/h13H,1-3,12H2,(H,16,17)/t7?,8-,9?,10?,11?/m1/s1. The topological polar surface area (TPSA) is 165 Å². The molecule has 2 saturated carbocycles. The van der Waals surface area contributed by atoms with E-state index in [4.69, 9.17) is 34.3 Å². The summed E-state index contributed by atoms with van der Waals surface area (Å²) in [4.78, 5) is 41.7. The first-order valence-electron chi connectivity index (χ1n) is 6.58. The van der Waals surface area contributed by atoms with Gasteiger partial charge in [-0.15, -0.1) is 0 Å². The molecule has 3 spiro atoms. The van der Waals surface area contributed by atoms with E-state index in [1.165, 1.54) is 0 Å². The fraction of sp³-hybridized carbons (Fsp3) is 0.727. The Bertz CT molecular complexity index is 694. The fourth-order valence-electron chi connectivity index (χ4n) is 4.10. The average Bonchev–Trinajstić information content (AvgIpc) is 3.02. The number of nitrogens with two attached hydrogens (primary N) is 1. The van der Waals surface area contributed by atoms with Gasteiger partial charge in [-0.1, -0.05) is 0 Å². The highest BCUT2D eigenvalue weighted by atomic mass is 16.9. The summed E-state index contributed by atoms with van der Waals surface area (Å²) in [7, 11) is 0. The van der Waals surface area contributed by atoms with Gasteiger partial charge in [0.05, 0.1) is 0 Å². The van der Waals surface area contributed by atoms with Crippen molar-refractivity contribution in [3.05, 3.63) is 0 Å². The highest BCUT2D eigenvalue weighted by Crippen LogP contribution is 2.80. The predicted molar refractivity (Wildman–Crippen MR) is 59.4 cm³/mol. The van der Waals surface area contributed by atoms with E-state index in [0.717, 1.165) is 0 Å². The van der Waals surface area contributed by atoms with Crippen LogP contribution in [0.5, 0.6) is 0 Å². The molecular formula is C11H10N2O10. The van der Waals surface area contributed by atoms with E-state index in [9.17, 15) is 19.5 Å². The van der Waals surface area contributed by atoms with Crippen LogP contribution in [0.15, 0.2) is 0 Å². The Morgan fingerprint density at radius 3 is 2.39 bits per heavy atom. The summed E-state index contributed by atoms with van der Waals surface area (Å²) in [5.74, 6) is -7.59. The number of carboxylic acid groups (broad SMARTS) is 1. The summed E-state index contributed by atoms with van der Waals surface area (Å²) in [6.07, 6.45) is 0. The van der Waals surface area contributed by atoms with Gasteiger partial charge in [-0.2, -0.15) is 5.48 Å². The maximum Gasteiger partial charge on any atom is 0.335 e. The molecule has 4 unspecified atom stereocenters. The molecule has 0 aromatic rings. The zero-order chi connectivity index (χ0) is 16.3. The molecule has 0 aromatic heterocycles. The minimum absolute atomic E-state index is 0.410. The summed E-state index contributed by atoms with van der Waals surface area (Å²) in [6, 6.07) is 0. The molecule has 0 bridgehead atoms. The number of Topliss-reactive ketones (excluding diaryl/α,β-unsaturated/α-hetero) is 2. The molecule has 3 aliphatic heterocycles. The quantitative estimate of drug-likeness (QED) is 0.407. The third kappa shape index (κ3) is 0.958. The van der Waals surface area contributed by atoms with Crippen molar-refractivity contribution in [1.82, 2.24) is 5.48 Å². The Morgan fingerprint density at radius 1 is 1.04 bits per heavy atom. The minimum Gasteiger partial charge on any atom is -0.479 e. The zero-order valence-electron chi connectivity index (χ0n) is 11.3. The normalized spacial score (nSPS) is 56.6. The van der Waals surface area contributed by atoms with Crippen molar-refractivity contribution in [2.24, 2.45) is 11.1 Å². The third-order valence-electron chi connectivity index (χ3n) is 5.18. The van der Waals surface area contributed by atoms with E-state index < -0.39 is 66.2 Å². The summed E-state index contributed by atoms with van der Waals surface area (Å²) in [6.45, 7) is -1.46. The van der Waals surface area contributed by atoms with Gasteiger partial charge in [0.2, 0.25) is 11.1 Å². The second kappa shape index (κ2) is 3.45. The first-order chi connectivity index (χ1) is 10.9. The number of hydrogen-bond donors (Lipinski definition) is 3. The summed E-state index contributed by atoms with van der Waals surface area (Å²) in [5, 5.41) is 9.49. The smallest absolute Gasteiger partial charge is 0.335 e. The first-order valence-corrected chi connectivity index (χ1v) is 6.58. The molecule has 3 heterocycles. The van der Waals surface area contributed by atoms with E-state index >= 15 is 0 Å². The molecule has 0 amide bonds. The van der Waals surface area contributed by atoms with Crippen LogP contribution in [0.2, 0.25) is 0 Å². The van der Waals surface area contributed by atoms with Crippen LogP contribution in [-0.4, -0.2) is 65.9 Å². The molecule has 12 heteroatoms. The number of carbonyl (C=O) groups excluding carboxylic acids is 2. The molecule has 12 nitrogen and oxygen atoms in total. The summed E-state index contributed by atoms with van der Waals surface area (Å²) >= 11 is 0. The van der Waals surface area contributed by atoms with Gasteiger partial charge < -0.3 is 28.8 Å². The Kier molecular flexibility index (Phi) is 2.08. The van der Waals surface area contributed by atoms with Crippen LogP contribution >= 0.6 is 0 Å². The van der Waals surface area contributed by atoms with Crippen LogP contribution in [-0.2, 0) is 42.9 Å². The van der Waals surface area contributed by atoms with Crippen LogP contribution < -0.4 is 11.2 Å². The van der Waals surface area contributed by atoms with E-state index in [1.807, 2.05) is 0 Å². The Hall–Kier alpha value is -1.51. The van der Waals surface area contributed by atoms with E-state index in [-0.39, 0.29) is 0 Å². The van der Waals surface area contributed by atoms with E-state index in [0.29, 0.717) is 0 Å².